The fourth-order valence-corrected chi connectivity index (χ4v) is 4.24. The Morgan fingerprint density at radius 2 is 1.97 bits per heavy atom. The third kappa shape index (κ3) is 6.70. The molecule has 2 amide bonds. The van der Waals surface area contributed by atoms with E-state index in [1.54, 1.807) is 29.2 Å². The van der Waals surface area contributed by atoms with Crippen molar-refractivity contribution in [3.63, 3.8) is 0 Å². The molecule has 0 atom stereocenters. The van der Waals surface area contributed by atoms with E-state index in [1.807, 2.05) is 13.8 Å². The SMILES string of the molecule is CCN(CC)C(=O)COc1ccc(/C=C2/SC(=S)N(CCCC(=O)O)C2=O)cc1OC. The molecule has 1 heterocycles. The van der Waals surface area contributed by atoms with Gasteiger partial charge in [-0.05, 0) is 44.0 Å². The van der Waals surface area contributed by atoms with Crippen LogP contribution in [0.25, 0.3) is 6.08 Å². The number of nitrogens with zero attached hydrogens (tertiary/aromatic N) is 2. The first-order valence-electron chi connectivity index (χ1n) is 9.86. The van der Waals surface area contributed by atoms with Crippen molar-refractivity contribution in [3.8, 4) is 11.5 Å². The van der Waals surface area contributed by atoms with Gasteiger partial charge in [0.2, 0.25) is 0 Å². The third-order valence-electron chi connectivity index (χ3n) is 4.60. The Hall–Kier alpha value is -2.59. The van der Waals surface area contributed by atoms with Crippen LogP contribution in [-0.4, -0.2) is 70.4 Å². The average molecular weight is 467 g/mol. The fraction of sp³-hybridized carbons (Fsp3) is 0.429. The zero-order chi connectivity index (χ0) is 23.0. The maximum atomic E-state index is 12.6. The normalized spacial score (nSPS) is 14.8. The summed E-state index contributed by atoms with van der Waals surface area (Å²) in [7, 11) is 1.50. The van der Waals surface area contributed by atoms with Gasteiger partial charge in [-0.2, -0.15) is 0 Å². The number of amides is 2. The Balaban J connectivity index is 2.09. The van der Waals surface area contributed by atoms with Crippen LogP contribution in [0.3, 0.4) is 0 Å². The Kier molecular flexibility index (Phi) is 9.32. The van der Waals surface area contributed by atoms with Crippen molar-refractivity contribution in [3.05, 3.63) is 28.7 Å². The molecule has 168 valence electrons. The molecule has 1 fully saturated rings. The Bertz CT molecular complexity index is 883. The van der Waals surface area contributed by atoms with Gasteiger partial charge in [0.25, 0.3) is 11.8 Å². The molecule has 1 aromatic carbocycles. The molecule has 1 N–H and O–H groups in total. The molecular formula is C21H26N2O6S2. The molecule has 0 saturated carbocycles. The molecule has 0 aliphatic carbocycles. The predicted octanol–water partition coefficient (Wildman–Crippen LogP) is 3.01. The van der Waals surface area contributed by atoms with Gasteiger partial charge in [-0.25, -0.2) is 0 Å². The van der Waals surface area contributed by atoms with Gasteiger partial charge >= 0.3 is 5.97 Å². The summed E-state index contributed by atoms with van der Waals surface area (Å²) in [5.41, 5.74) is 0.713. The van der Waals surface area contributed by atoms with Gasteiger partial charge in [0.05, 0.1) is 12.0 Å². The predicted molar refractivity (Wildman–Crippen MR) is 123 cm³/mol. The third-order valence-corrected chi connectivity index (χ3v) is 5.98. The minimum atomic E-state index is -0.908. The molecule has 10 heteroatoms. The minimum Gasteiger partial charge on any atom is -0.493 e. The summed E-state index contributed by atoms with van der Waals surface area (Å²) in [5, 5.41) is 8.76. The number of thiocarbonyl (C=S) groups is 1. The summed E-state index contributed by atoms with van der Waals surface area (Å²) < 4.78 is 11.4. The van der Waals surface area contributed by atoms with Gasteiger partial charge in [0, 0.05) is 26.1 Å². The fourth-order valence-electron chi connectivity index (χ4n) is 2.93. The lowest BCUT2D eigenvalue weighted by molar-refractivity contribution is -0.137. The van der Waals surface area contributed by atoms with Crippen LogP contribution < -0.4 is 9.47 Å². The molecule has 1 aromatic rings. The van der Waals surface area contributed by atoms with Crippen molar-refractivity contribution in [1.82, 2.24) is 9.80 Å². The van der Waals surface area contributed by atoms with E-state index in [1.165, 1.54) is 23.8 Å². The van der Waals surface area contributed by atoms with E-state index in [0.29, 0.717) is 45.8 Å². The van der Waals surface area contributed by atoms with Crippen molar-refractivity contribution in [2.45, 2.75) is 26.7 Å². The van der Waals surface area contributed by atoms with Gasteiger partial charge in [0.1, 0.15) is 4.32 Å². The first kappa shape index (κ1) is 24.7. The largest absolute Gasteiger partial charge is 0.493 e. The molecule has 8 nitrogen and oxygen atoms in total. The number of aliphatic carboxylic acids is 1. The standard InChI is InChI=1S/C21H26N2O6S2/c1-4-22(5-2)18(24)13-29-15-9-8-14(11-16(15)28-3)12-17-20(27)23(21(30)31-17)10-6-7-19(25)26/h8-9,11-12H,4-7,10,13H2,1-3H3,(H,25,26)/b17-12+. The Morgan fingerprint density at radius 3 is 2.58 bits per heavy atom. The number of ether oxygens (including phenoxy) is 2. The second-order valence-corrected chi connectivity index (χ2v) is 8.27. The molecule has 0 bridgehead atoms. The maximum Gasteiger partial charge on any atom is 0.303 e. The van der Waals surface area contributed by atoms with Gasteiger partial charge in [-0.3, -0.25) is 19.3 Å². The molecule has 1 aliphatic heterocycles. The lowest BCUT2D eigenvalue weighted by Gasteiger charge is -2.19. The molecule has 1 saturated heterocycles. The van der Waals surface area contributed by atoms with Crippen molar-refractivity contribution in [2.75, 3.05) is 33.4 Å². The number of carboxylic acids is 1. The van der Waals surface area contributed by atoms with Crippen LogP contribution in [0.1, 0.15) is 32.3 Å². The topological polar surface area (TPSA) is 96.4 Å². The summed E-state index contributed by atoms with van der Waals surface area (Å²) >= 11 is 6.43. The van der Waals surface area contributed by atoms with E-state index in [4.69, 9.17) is 26.8 Å². The number of carboxylic acid groups (broad SMARTS) is 1. The lowest BCUT2D eigenvalue weighted by atomic mass is 10.2. The van der Waals surface area contributed by atoms with E-state index >= 15 is 0 Å². The van der Waals surface area contributed by atoms with Crippen LogP contribution >= 0.6 is 24.0 Å². The van der Waals surface area contributed by atoms with Crippen molar-refractivity contribution < 1.29 is 29.0 Å². The number of carbonyl (C=O) groups excluding carboxylic acids is 2. The van der Waals surface area contributed by atoms with Gasteiger partial charge in [-0.1, -0.05) is 30.0 Å². The van der Waals surface area contributed by atoms with E-state index in [0.717, 1.165) is 0 Å². The molecule has 0 unspecified atom stereocenters. The first-order chi connectivity index (χ1) is 14.8. The van der Waals surface area contributed by atoms with Crippen molar-refractivity contribution in [1.29, 1.82) is 0 Å². The summed E-state index contributed by atoms with van der Waals surface area (Å²) in [4.78, 5) is 39.0. The Morgan fingerprint density at radius 1 is 1.26 bits per heavy atom. The highest BCUT2D eigenvalue weighted by Crippen LogP contribution is 2.35. The Labute approximate surface area is 191 Å². The average Bonchev–Trinajstić information content (AvgIpc) is 3.00. The van der Waals surface area contributed by atoms with Crippen molar-refractivity contribution >= 4 is 52.2 Å². The molecule has 0 radical (unpaired) electrons. The van der Waals surface area contributed by atoms with Crippen LogP contribution in [-0.2, 0) is 14.4 Å². The van der Waals surface area contributed by atoms with Gasteiger partial charge in [0.15, 0.2) is 18.1 Å². The van der Waals surface area contributed by atoms with Crippen LogP contribution in [0.15, 0.2) is 23.1 Å². The number of hydrogen-bond acceptors (Lipinski definition) is 7. The lowest BCUT2D eigenvalue weighted by Crippen LogP contribution is -2.34. The monoisotopic (exact) mass is 466 g/mol. The van der Waals surface area contributed by atoms with E-state index in [-0.39, 0.29) is 31.4 Å². The number of carbonyl (C=O) groups is 3. The van der Waals surface area contributed by atoms with Gasteiger partial charge < -0.3 is 19.5 Å². The van der Waals surface area contributed by atoms with E-state index in [9.17, 15) is 14.4 Å². The molecular weight excluding hydrogens is 440 g/mol. The second kappa shape index (κ2) is 11.7. The summed E-state index contributed by atoms with van der Waals surface area (Å²) in [5.74, 6) is -0.388. The van der Waals surface area contributed by atoms with Crippen molar-refractivity contribution in [2.24, 2.45) is 0 Å². The van der Waals surface area contributed by atoms with Crippen LogP contribution in [0.5, 0.6) is 11.5 Å². The van der Waals surface area contributed by atoms with Crippen LogP contribution in [0, 0.1) is 0 Å². The van der Waals surface area contributed by atoms with Gasteiger partial charge in [-0.15, -0.1) is 0 Å². The van der Waals surface area contributed by atoms with Crippen LogP contribution in [0.2, 0.25) is 0 Å². The zero-order valence-electron chi connectivity index (χ0n) is 17.8. The highest BCUT2D eigenvalue weighted by molar-refractivity contribution is 8.26. The molecule has 1 aliphatic rings. The molecule has 2 rings (SSSR count). The molecule has 31 heavy (non-hydrogen) atoms. The molecule has 0 aromatic heterocycles. The first-order valence-corrected chi connectivity index (χ1v) is 11.1. The highest BCUT2D eigenvalue weighted by Gasteiger charge is 2.31. The molecule has 0 spiro atoms. The number of methoxy groups -OCH3 is 1. The van der Waals surface area contributed by atoms with Crippen LogP contribution in [0.4, 0.5) is 0 Å². The number of thioether (sulfide) groups is 1. The van der Waals surface area contributed by atoms with E-state index in [2.05, 4.69) is 0 Å². The quantitative estimate of drug-likeness (QED) is 0.393. The number of hydrogen-bond donors (Lipinski definition) is 1. The number of likely N-dealkylation sites (N-methyl/N-ethyl adjacent to an activating group) is 1. The second-order valence-electron chi connectivity index (χ2n) is 6.60. The summed E-state index contributed by atoms with van der Waals surface area (Å²) in [6.45, 7) is 5.22. The summed E-state index contributed by atoms with van der Waals surface area (Å²) in [6.07, 6.45) is 2.01. The maximum absolute atomic E-state index is 12.6. The summed E-state index contributed by atoms with van der Waals surface area (Å²) in [6, 6.07) is 5.17. The number of benzene rings is 1. The smallest absolute Gasteiger partial charge is 0.303 e. The highest BCUT2D eigenvalue weighted by atomic mass is 32.2. The zero-order valence-corrected chi connectivity index (χ0v) is 19.4. The van der Waals surface area contributed by atoms with E-state index < -0.39 is 5.97 Å². The minimum absolute atomic E-state index is 0.0223. The number of rotatable bonds is 11.